The van der Waals surface area contributed by atoms with E-state index in [0.29, 0.717) is 0 Å². The van der Waals surface area contributed by atoms with Gasteiger partial charge in [0.05, 0.1) is 0 Å². The maximum Gasteiger partial charge on any atom is 0.372 e. The number of furan rings is 1. The lowest BCUT2D eigenvalue weighted by molar-refractivity contribution is 0.0663. The van der Waals surface area contributed by atoms with Gasteiger partial charge in [-0.2, -0.15) is 0 Å². The van der Waals surface area contributed by atoms with Crippen molar-refractivity contribution >= 4 is 16.9 Å². The van der Waals surface area contributed by atoms with Crippen LogP contribution in [0.25, 0.3) is 11.0 Å². The number of carbonyl (C=O) groups is 1. The van der Waals surface area contributed by atoms with Crippen LogP contribution in [0.1, 0.15) is 46.2 Å². The largest absolute Gasteiger partial charge is 0.475 e. The first-order valence-electron chi connectivity index (χ1n) is 6.22. The number of aromatic carboxylic acids is 1. The van der Waals surface area contributed by atoms with Crippen molar-refractivity contribution < 1.29 is 14.3 Å². The van der Waals surface area contributed by atoms with Gasteiger partial charge < -0.3 is 9.52 Å². The number of fused-ring (bicyclic) bond motifs is 1. The summed E-state index contributed by atoms with van der Waals surface area (Å²) in [6, 6.07) is 2.10. The van der Waals surface area contributed by atoms with Crippen LogP contribution in [-0.4, -0.2) is 11.1 Å². The molecule has 0 aliphatic rings. The molecule has 1 N–H and O–H groups in total. The first kappa shape index (κ1) is 12.7. The third-order valence-electron chi connectivity index (χ3n) is 3.46. The molecule has 2 aromatic rings. The lowest BCUT2D eigenvalue weighted by atomic mass is 9.97. The van der Waals surface area contributed by atoms with Gasteiger partial charge in [0.25, 0.3) is 0 Å². The van der Waals surface area contributed by atoms with Crippen LogP contribution in [0.15, 0.2) is 10.5 Å². The summed E-state index contributed by atoms with van der Waals surface area (Å²) in [6.07, 6.45) is 1.64. The molecule has 18 heavy (non-hydrogen) atoms. The van der Waals surface area contributed by atoms with E-state index in [1.807, 2.05) is 27.7 Å². The molecule has 2 rings (SSSR count). The van der Waals surface area contributed by atoms with Crippen LogP contribution in [0.3, 0.4) is 0 Å². The molecule has 0 saturated carbocycles. The van der Waals surface area contributed by atoms with E-state index in [1.165, 1.54) is 0 Å². The van der Waals surface area contributed by atoms with Crippen LogP contribution in [0.5, 0.6) is 0 Å². The second-order valence-electron chi connectivity index (χ2n) is 4.80. The fraction of sp³-hybridized carbons (Fsp3) is 0.400. The molecule has 1 heterocycles. The maximum atomic E-state index is 11.3. The molecule has 1 aromatic carbocycles. The lowest BCUT2D eigenvalue weighted by Crippen LogP contribution is -1.99. The molecule has 0 aliphatic carbocycles. The Bertz CT molecular complexity index is 620. The minimum atomic E-state index is -0.980. The van der Waals surface area contributed by atoms with Gasteiger partial charge in [-0.25, -0.2) is 4.79 Å². The highest BCUT2D eigenvalue weighted by Gasteiger charge is 2.22. The Kier molecular flexibility index (Phi) is 3.16. The van der Waals surface area contributed by atoms with Crippen LogP contribution in [-0.2, 0) is 6.42 Å². The molecule has 3 heteroatoms. The zero-order chi connectivity index (χ0) is 13.4. The van der Waals surface area contributed by atoms with Gasteiger partial charge in [0.2, 0.25) is 5.76 Å². The van der Waals surface area contributed by atoms with E-state index in [1.54, 1.807) is 0 Å². The van der Waals surface area contributed by atoms with Gasteiger partial charge in [-0.1, -0.05) is 19.4 Å². The minimum Gasteiger partial charge on any atom is -0.475 e. The van der Waals surface area contributed by atoms with Crippen molar-refractivity contribution in [1.82, 2.24) is 0 Å². The first-order chi connectivity index (χ1) is 8.47. The van der Waals surface area contributed by atoms with Gasteiger partial charge in [-0.3, -0.25) is 0 Å². The van der Waals surface area contributed by atoms with Crippen molar-refractivity contribution in [2.75, 3.05) is 0 Å². The quantitative estimate of drug-likeness (QED) is 0.890. The number of aryl methyl sites for hydroxylation is 4. The van der Waals surface area contributed by atoms with Gasteiger partial charge in [-0.05, 0) is 43.9 Å². The van der Waals surface area contributed by atoms with Crippen LogP contribution < -0.4 is 0 Å². The van der Waals surface area contributed by atoms with Crippen LogP contribution >= 0.6 is 0 Å². The standard InChI is InChI=1S/C15H18O3/c1-5-6-11-12-9(3)7-8(2)10(4)13(12)18-14(11)15(16)17/h7H,5-6H2,1-4H3,(H,16,17). The second kappa shape index (κ2) is 4.48. The number of hydrogen-bond donors (Lipinski definition) is 1. The summed E-state index contributed by atoms with van der Waals surface area (Å²) >= 11 is 0. The predicted octanol–water partition coefficient (Wildman–Crippen LogP) is 4.01. The molecule has 96 valence electrons. The molecular weight excluding hydrogens is 228 g/mol. The van der Waals surface area contributed by atoms with E-state index in [2.05, 4.69) is 6.07 Å². The van der Waals surface area contributed by atoms with E-state index >= 15 is 0 Å². The number of carboxylic acids is 1. The van der Waals surface area contributed by atoms with Crippen LogP contribution in [0.2, 0.25) is 0 Å². The van der Waals surface area contributed by atoms with Gasteiger partial charge >= 0.3 is 5.97 Å². The zero-order valence-corrected chi connectivity index (χ0v) is 11.3. The summed E-state index contributed by atoms with van der Waals surface area (Å²) in [7, 11) is 0. The SMILES string of the molecule is CCCc1c(C(=O)O)oc2c(C)c(C)cc(C)c12. The van der Waals surface area contributed by atoms with Crippen molar-refractivity contribution in [2.24, 2.45) is 0 Å². The fourth-order valence-electron chi connectivity index (χ4n) is 2.49. The molecule has 0 radical (unpaired) electrons. The predicted molar refractivity (Wildman–Crippen MR) is 71.4 cm³/mol. The Morgan fingerprint density at radius 2 is 1.94 bits per heavy atom. The smallest absolute Gasteiger partial charge is 0.372 e. The molecule has 0 bridgehead atoms. The monoisotopic (exact) mass is 246 g/mol. The first-order valence-corrected chi connectivity index (χ1v) is 6.22. The van der Waals surface area contributed by atoms with Crippen molar-refractivity contribution in [3.63, 3.8) is 0 Å². The van der Waals surface area contributed by atoms with Gasteiger partial charge in [0, 0.05) is 10.9 Å². The topological polar surface area (TPSA) is 50.4 Å². The summed E-state index contributed by atoms with van der Waals surface area (Å²) in [5.74, 6) is -0.880. The van der Waals surface area contributed by atoms with E-state index < -0.39 is 5.97 Å². The van der Waals surface area contributed by atoms with Crippen molar-refractivity contribution in [3.8, 4) is 0 Å². The highest BCUT2D eigenvalue weighted by Crippen LogP contribution is 2.33. The summed E-state index contributed by atoms with van der Waals surface area (Å²) in [6.45, 7) is 8.04. The lowest BCUT2D eigenvalue weighted by Gasteiger charge is -2.05. The number of benzene rings is 1. The summed E-state index contributed by atoms with van der Waals surface area (Å²) in [5.41, 5.74) is 4.82. The average molecular weight is 246 g/mol. The third-order valence-corrected chi connectivity index (χ3v) is 3.46. The normalized spacial score (nSPS) is 11.1. The van der Waals surface area contributed by atoms with Gasteiger partial charge in [0.15, 0.2) is 0 Å². The fourth-order valence-corrected chi connectivity index (χ4v) is 2.49. The van der Waals surface area contributed by atoms with Crippen molar-refractivity contribution in [1.29, 1.82) is 0 Å². The molecule has 0 saturated heterocycles. The van der Waals surface area contributed by atoms with Crippen molar-refractivity contribution in [3.05, 3.63) is 34.1 Å². The highest BCUT2D eigenvalue weighted by molar-refractivity contribution is 5.97. The molecule has 3 nitrogen and oxygen atoms in total. The van der Waals surface area contributed by atoms with E-state index in [0.717, 1.165) is 46.1 Å². The second-order valence-corrected chi connectivity index (χ2v) is 4.80. The molecule has 0 atom stereocenters. The Morgan fingerprint density at radius 1 is 1.28 bits per heavy atom. The van der Waals surface area contributed by atoms with Crippen LogP contribution in [0, 0.1) is 20.8 Å². The number of carboxylic acid groups (broad SMARTS) is 1. The number of hydrogen-bond acceptors (Lipinski definition) is 2. The summed E-state index contributed by atoms with van der Waals surface area (Å²) in [4.78, 5) is 11.3. The van der Waals surface area contributed by atoms with Gasteiger partial charge in [-0.15, -0.1) is 0 Å². The zero-order valence-electron chi connectivity index (χ0n) is 11.3. The molecule has 0 amide bonds. The van der Waals surface area contributed by atoms with E-state index in [-0.39, 0.29) is 5.76 Å². The van der Waals surface area contributed by atoms with E-state index in [9.17, 15) is 9.90 Å². The van der Waals surface area contributed by atoms with E-state index in [4.69, 9.17) is 4.42 Å². The molecule has 0 fully saturated rings. The summed E-state index contributed by atoms with van der Waals surface area (Å²) < 4.78 is 5.61. The maximum absolute atomic E-state index is 11.3. The Morgan fingerprint density at radius 3 is 2.50 bits per heavy atom. The molecule has 0 spiro atoms. The number of rotatable bonds is 3. The minimum absolute atomic E-state index is 0.101. The van der Waals surface area contributed by atoms with Gasteiger partial charge in [0.1, 0.15) is 5.58 Å². The molecule has 1 aromatic heterocycles. The highest BCUT2D eigenvalue weighted by atomic mass is 16.4. The Labute approximate surface area is 106 Å². The molecule has 0 unspecified atom stereocenters. The van der Waals surface area contributed by atoms with Crippen LogP contribution in [0.4, 0.5) is 0 Å². The Balaban J connectivity index is 2.89. The molecular formula is C15H18O3. The summed E-state index contributed by atoms with van der Waals surface area (Å²) in [5, 5.41) is 10.2. The van der Waals surface area contributed by atoms with Crippen molar-refractivity contribution in [2.45, 2.75) is 40.5 Å². The Hall–Kier alpha value is -1.77. The average Bonchev–Trinajstić information content (AvgIpc) is 2.67. The molecule has 0 aliphatic heterocycles. The third kappa shape index (κ3) is 1.80.